The van der Waals surface area contributed by atoms with Crippen LogP contribution in [-0.4, -0.2) is 6.54 Å². The molecule has 2 rings (SSSR count). The molecule has 0 radical (unpaired) electrons. The van der Waals surface area contributed by atoms with Gasteiger partial charge in [0.1, 0.15) is 17.5 Å². The molecule has 1 nitrogen and oxygen atoms in total. The fourth-order valence-corrected chi connectivity index (χ4v) is 2.32. The van der Waals surface area contributed by atoms with Crippen LogP contribution in [0.2, 0.25) is 0 Å². The van der Waals surface area contributed by atoms with E-state index in [0.29, 0.717) is 12.1 Å². The molecule has 0 aliphatic rings. The summed E-state index contributed by atoms with van der Waals surface area (Å²) in [4.78, 5) is 0. The zero-order chi connectivity index (χ0) is 15.2. The van der Waals surface area contributed by atoms with Gasteiger partial charge in [0.2, 0.25) is 0 Å². The average molecular weight is 293 g/mol. The lowest BCUT2D eigenvalue weighted by Crippen LogP contribution is -2.26. The Morgan fingerprint density at radius 3 is 2.14 bits per heavy atom. The molecule has 0 saturated heterocycles. The first-order chi connectivity index (χ1) is 10.1. The summed E-state index contributed by atoms with van der Waals surface area (Å²) >= 11 is 0. The average Bonchev–Trinajstić information content (AvgIpc) is 2.46. The van der Waals surface area contributed by atoms with Gasteiger partial charge < -0.3 is 5.32 Å². The monoisotopic (exact) mass is 293 g/mol. The Balaban J connectivity index is 2.32. The third-order valence-electron chi connectivity index (χ3n) is 3.37. The maximum atomic E-state index is 14.0. The smallest absolute Gasteiger partial charge is 0.130 e. The molecule has 0 saturated carbocycles. The Bertz CT molecular complexity index is 578. The van der Waals surface area contributed by atoms with Gasteiger partial charge in [0.15, 0.2) is 0 Å². The molecule has 0 heterocycles. The number of rotatable bonds is 6. The van der Waals surface area contributed by atoms with Gasteiger partial charge in [0.05, 0.1) is 0 Å². The molecule has 0 bridgehead atoms. The molecule has 21 heavy (non-hydrogen) atoms. The van der Waals surface area contributed by atoms with Gasteiger partial charge in [-0.3, -0.25) is 0 Å². The fourth-order valence-electron chi connectivity index (χ4n) is 2.32. The highest BCUT2D eigenvalue weighted by Gasteiger charge is 2.21. The van der Waals surface area contributed by atoms with E-state index < -0.39 is 17.7 Å². The van der Waals surface area contributed by atoms with Crippen LogP contribution >= 0.6 is 0 Å². The molecular formula is C17H18F3N. The van der Waals surface area contributed by atoms with E-state index in [0.717, 1.165) is 6.42 Å². The SMILES string of the molecule is CCCNC(Cc1ccccc1F)c1c(F)cccc1F. The first kappa shape index (κ1) is 15.6. The third kappa shape index (κ3) is 3.85. The summed E-state index contributed by atoms with van der Waals surface area (Å²) in [6, 6.07) is 9.47. The second-order valence-electron chi connectivity index (χ2n) is 4.94. The van der Waals surface area contributed by atoms with Gasteiger partial charge in [-0.25, -0.2) is 13.2 Å². The normalized spacial score (nSPS) is 12.4. The Morgan fingerprint density at radius 2 is 1.52 bits per heavy atom. The summed E-state index contributed by atoms with van der Waals surface area (Å²) in [6.07, 6.45) is 1.02. The summed E-state index contributed by atoms with van der Waals surface area (Å²) in [5.41, 5.74) is 0.406. The first-order valence-corrected chi connectivity index (χ1v) is 7.04. The molecule has 2 aromatic carbocycles. The minimum Gasteiger partial charge on any atom is -0.309 e. The minimum absolute atomic E-state index is 0.0331. The molecule has 0 fully saturated rings. The maximum Gasteiger partial charge on any atom is 0.130 e. The molecule has 1 N–H and O–H groups in total. The van der Waals surface area contributed by atoms with Crippen LogP contribution in [-0.2, 0) is 6.42 Å². The summed E-state index contributed by atoms with van der Waals surface area (Å²) in [5.74, 6) is -1.59. The molecule has 0 aliphatic carbocycles. The van der Waals surface area contributed by atoms with E-state index in [1.165, 1.54) is 24.3 Å². The van der Waals surface area contributed by atoms with Crippen molar-refractivity contribution in [2.75, 3.05) is 6.54 Å². The molecule has 1 atom stereocenters. The standard InChI is InChI=1S/C17H18F3N/c1-2-10-21-16(11-12-6-3-4-7-13(12)18)17-14(19)8-5-9-15(17)20/h3-9,16,21H,2,10-11H2,1H3. The van der Waals surface area contributed by atoms with Gasteiger partial charge >= 0.3 is 0 Å². The van der Waals surface area contributed by atoms with E-state index in [1.54, 1.807) is 18.2 Å². The van der Waals surface area contributed by atoms with Crippen molar-refractivity contribution in [1.82, 2.24) is 5.32 Å². The third-order valence-corrected chi connectivity index (χ3v) is 3.37. The first-order valence-electron chi connectivity index (χ1n) is 7.04. The summed E-state index contributed by atoms with van der Waals surface area (Å²) in [7, 11) is 0. The number of benzene rings is 2. The molecule has 0 aliphatic heterocycles. The summed E-state index contributed by atoms with van der Waals surface area (Å²) < 4.78 is 41.7. The molecule has 112 valence electrons. The van der Waals surface area contributed by atoms with Crippen LogP contribution in [0.15, 0.2) is 42.5 Å². The van der Waals surface area contributed by atoms with Crippen LogP contribution in [0.25, 0.3) is 0 Å². The van der Waals surface area contributed by atoms with Gasteiger partial charge in [0.25, 0.3) is 0 Å². The van der Waals surface area contributed by atoms with Crippen molar-refractivity contribution in [2.45, 2.75) is 25.8 Å². The maximum absolute atomic E-state index is 14.0. The van der Waals surface area contributed by atoms with Crippen molar-refractivity contribution in [2.24, 2.45) is 0 Å². The topological polar surface area (TPSA) is 12.0 Å². The van der Waals surface area contributed by atoms with Crippen LogP contribution in [0, 0.1) is 17.5 Å². The van der Waals surface area contributed by atoms with E-state index in [2.05, 4.69) is 5.32 Å². The van der Waals surface area contributed by atoms with Gasteiger partial charge in [-0.2, -0.15) is 0 Å². The molecule has 1 unspecified atom stereocenters. The quantitative estimate of drug-likeness (QED) is 0.833. The molecule has 0 spiro atoms. The number of hydrogen-bond acceptors (Lipinski definition) is 1. The molecule has 4 heteroatoms. The lowest BCUT2D eigenvalue weighted by molar-refractivity contribution is 0.458. The van der Waals surface area contributed by atoms with Crippen molar-refractivity contribution in [1.29, 1.82) is 0 Å². The van der Waals surface area contributed by atoms with Gasteiger partial charge in [0, 0.05) is 11.6 Å². The lowest BCUT2D eigenvalue weighted by Gasteiger charge is -2.20. The Hall–Kier alpha value is -1.81. The molecular weight excluding hydrogens is 275 g/mol. The van der Waals surface area contributed by atoms with Crippen LogP contribution < -0.4 is 5.32 Å². The van der Waals surface area contributed by atoms with Crippen molar-refractivity contribution in [3.8, 4) is 0 Å². The fraction of sp³-hybridized carbons (Fsp3) is 0.294. The van der Waals surface area contributed by atoms with E-state index >= 15 is 0 Å². The van der Waals surface area contributed by atoms with Crippen LogP contribution in [0.4, 0.5) is 13.2 Å². The minimum atomic E-state index is -0.611. The van der Waals surface area contributed by atoms with E-state index in [9.17, 15) is 13.2 Å². The second-order valence-corrected chi connectivity index (χ2v) is 4.94. The largest absolute Gasteiger partial charge is 0.309 e. The Morgan fingerprint density at radius 1 is 0.905 bits per heavy atom. The zero-order valence-electron chi connectivity index (χ0n) is 11.9. The van der Waals surface area contributed by atoms with Gasteiger partial charge in [-0.1, -0.05) is 31.2 Å². The van der Waals surface area contributed by atoms with Gasteiger partial charge in [-0.15, -0.1) is 0 Å². The van der Waals surface area contributed by atoms with Crippen LogP contribution in [0.5, 0.6) is 0 Å². The van der Waals surface area contributed by atoms with E-state index in [-0.39, 0.29) is 17.8 Å². The summed E-state index contributed by atoms with van der Waals surface area (Å²) in [5, 5.41) is 3.10. The predicted octanol–water partition coefficient (Wildman–Crippen LogP) is 4.39. The van der Waals surface area contributed by atoms with Gasteiger partial charge in [-0.05, 0) is 43.1 Å². The predicted molar refractivity (Wildman–Crippen MR) is 77.5 cm³/mol. The highest BCUT2D eigenvalue weighted by atomic mass is 19.1. The molecule has 2 aromatic rings. The highest BCUT2D eigenvalue weighted by molar-refractivity contribution is 5.27. The molecule has 0 aromatic heterocycles. The summed E-state index contributed by atoms with van der Waals surface area (Å²) in [6.45, 7) is 2.57. The number of nitrogens with one attached hydrogen (secondary N) is 1. The van der Waals surface area contributed by atoms with Crippen molar-refractivity contribution in [3.63, 3.8) is 0 Å². The number of halogens is 3. The Labute approximate surface area is 122 Å². The lowest BCUT2D eigenvalue weighted by atomic mass is 9.97. The van der Waals surface area contributed by atoms with Crippen LogP contribution in [0.1, 0.15) is 30.5 Å². The van der Waals surface area contributed by atoms with Crippen LogP contribution in [0.3, 0.4) is 0 Å². The van der Waals surface area contributed by atoms with E-state index in [1.807, 2.05) is 6.92 Å². The Kier molecular flexibility index (Phi) is 5.39. The molecule has 0 amide bonds. The van der Waals surface area contributed by atoms with E-state index in [4.69, 9.17) is 0 Å². The second kappa shape index (κ2) is 7.27. The van der Waals surface area contributed by atoms with Crippen molar-refractivity contribution < 1.29 is 13.2 Å². The zero-order valence-corrected chi connectivity index (χ0v) is 11.9. The number of hydrogen-bond donors (Lipinski definition) is 1. The highest BCUT2D eigenvalue weighted by Crippen LogP contribution is 2.25. The van der Waals surface area contributed by atoms with Crippen molar-refractivity contribution in [3.05, 3.63) is 71.0 Å². The van der Waals surface area contributed by atoms with Crippen molar-refractivity contribution >= 4 is 0 Å².